The smallest absolute Gasteiger partial charge is 0.0297 e. The van der Waals surface area contributed by atoms with Gasteiger partial charge in [-0.15, -0.1) is 7.92 Å². The third kappa shape index (κ3) is 2.81. The first-order valence-electron chi connectivity index (χ1n) is 7.29. The summed E-state index contributed by atoms with van der Waals surface area (Å²) in [5.74, 6) is 2.07. The summed E-state index contributed by atoms with van der Waals surface area (Å²) in [5, 5.41) is 0. The molecule has 0 radical (unpaired) electrons. The molecule has 0 nitrogen and oxygen atoms in total. The zero-order valence-corrected chi connectivity index (χ0v) is 12.4. The van der Waals surface area contributed by atoms with Crippen LogP contribution in [0.15, 0.2) is 0 Å². The zero-order valence-electron chi connectivity index (χ0n) is 11.5. The summed E-state index contributed by atoms with van der Waals surface area (Å²) in [5.41, 5.74) is 0.636. The summed E-state index contributed by atoms with van der Waals surface area (Å²) in [6.45, 7) is 7.66. The molecule has 1 saturated heterocycles. The van der Waals surface area contributed by atoms with Gasteiger partial charge in [-0.3, -0.25) is 0 Å². The number of rotatable bonds is 2. The van der Waals surface area contributed by atoms with Crippen LogP contribution in [0.1, 0.15) is 58.8 Å². The average molecular weight is 240 g/mol. The Labute approximate surface area is 103 Å². The molecule has 0 unspecified atom stereocenters. The molecule has 1 heterocycles. The van der Waals surface area contributed by atoms with Crippen molar-refractivity contribution in [3.63, 3.8) is 0 Å². The summed E-state index contributed by atoms with van der Waals surface area (Å²) < 4.78 is 0. The molecule has 2 rings (SSSR count). The van der Waals surface area contributed by atoms with Gasteiger partial charge >= 0.3 is 0 Å². The quantitative estimate of drug-likeness (QED) is 0.588. The van der Waals surface area contributed by atoms with Gasteiger partial charge in [-0.2, -0.15) is 0 Å². The fraction of sp³-hybridized carbons (Fsp3) is 1.00. The fourth-order valence-corrected chi connectivity index (χ4v) is 5.66. The van der Waals surface area contributed by atoms with Crippen molar-refractivity contribution >= 4 is 7.92 Å². The van der Waals surface area contributed by atoms with E-state index in [0.29, 0.717) is 13.3 Å². The van der Waals surface area contributed by atoms with Crippen molar-refractivity contribution in [1.82, 2.24) is 0 Å². The average Bonchev–Trinajstić information content (AvgIpc) is 2.31. The lowest BCUT2D eigenvalue weighted by molar-refractivity contribution is 0.0762. The molecule has 2 aliphatic rings. The van der Waals surface area contributed by atoms with E-state index in [2.05, 4.69) is 20.5 Å². The monoisotopic (exact) mass is 240 g/mol. The Morgan fingerprint density at radius 3 is 1.88 bits per heavy atom. The van der Waals surface area contributed by atoms with Crippen LogP contribution in [-0.2, 0) is 0 Å². The van der Waals surface area contributed by atoms with E-state index in [1.807, 2.05) is 0 Å². The Hall–Kier alpha value is 0.430. The van der Waals surface area contributed by atoms with Gasteiger partial charge in [0.2, 0.25) is 0 Å². The normalized spacial score (nSPS) is 33.9. The molecule has 94 valence electrons. The number of hydrogen-bond donors (Lipinski definition) is 0. The Morgan fingerprint density at radius 1 is 0.812 bits per heavy atom. The van der Waals surface area contributed by atoms with E-state index in [-0.39, 0.29) is 0 Å². The van der Waals surface area contributed by atoms with Gasteiger partial charge in [-0.1, -0.05) is 33.1 Å². The highest BCUT2D eigenvalue weighted by Gasteiger charge is 2.38. The standard InChI is InChI=1S/C15H29P/c1-15(2,13-7-5-4-6-8-13)14-9-11-16(3)12-10-14/h13-14H,4-12H2,1-3H3. The van der Waals surface area contributed by atoms with E-state index in [4.69, 9.17) is 0 Å². The molecule has 0 N–H and O–H groups in total. The van der Waals surface area contributed by atoms with Gasteiger partial charge in [-0.05, 0) is 61.9 Å². The molecule has 0 spiro atoms. The van der Waals surface area contributed by atoms with Crippen LogP contribution in [0.2, 0.25) is 0 Å². The minimum Gasteiger partial charge on any atom is -0.110 e. The first-order valence-corrected chi connectivity index (χ1v) is 9.45. The molecule has 1 saturated carbocycles. The lowest BCUT2D eigenvalue weighted by atomic mass is 9.63. The highest BCUT2D eigenvalue weighted by atomic mass is 31.1. The van der Waals surface area contributed by atoms with Crippen LogP contribution in [0.3, 0.4) is 0 Å². The topological polar surface area (TPSA) is 0 Å². The van der Waals surface area contributed by atoms with E-state index in [1.165, 1.54) is 44.9 Å². The predicted molar refractivity (Wildman–Crippen MR) is 75.7 cm³/mol. The van der Waals surface area contributed by atoms with Crippen LogP contribution < -0.4 is 0 Å². The van der Waals surface area contributed by atoms with E-state index >= 15 is 0 Å². The van der Waals surface area contributed by atoms with Crippen molar-refractivity contribution in [1.29, 1.82) is 0 Å². The predicted octanol–water partition coefficient (Wildman–Crippen LogP) is 5.11. The summed E-state index contributed by atoms with van der Waals surface area (Å²) >= 11 is 0. The first-order chi connectivity index (χ1) is 7.60. The third-order valence-corrected chi connectivity index (χ3v) is 7.47. The van der Waals surface area contributed by atoms with Crippen molar-refractivity contribution < 1.29 is 0 Å². The van der Waals surface area contributed by atoms with Crippen LogP contribution in [0, 0.1) is 17.3 Å². The third-order valence-electron chi connectivity index (χ3n) is 5.43. The molecule has 0 aromatic rings. The van der Waals surface area contributed by atoms with Gasteiger partial charge in [0.15, 0.2) is 0 Å². The van der Waals surface area contributed by atoms with E-state index in [0.717, 1.165) is 11.8 Å². The van der Waals surface area contributed by atoms with Gasteiger partial charge in [0.1, 0.15) is 0 Å². The lowest BCUT2D eigenvalue weighted by Crippen LogP contribution is -2.36. The summed E-state index contributed by atoms with van der Waals surface area (Å²) in [4.78, 5) is 0. The van der Waals surface area contributed by atoms with Crippen LogP contribution in [0.25, 0.3) is 0 Å². The molecule has 0 aromatic heterocycles. The SMILES string of the molecule is CP1CCC(C(C)(C)C2CCCCC2)CC1. The van der Waals surface area contributed by atoms with Crippen LogP contribution >= 0.6 is 7.92 Å². The van der Waals surface area contributed by atoms with Crippen molar-refractivity contribution in [3.8, 4) is 0 Å². The molecule has 1 aliphatic heterocycles. The maximum absolute atomic E-state index is 2.58. The molecule has 1 aliphatic carbocycles. The second-order valence-corrected chi connectivity index (χ2v) is 9.34. The van der Waals surface area contributed by atoms with Gasteiger partial charge < -0.3 is 0 Å². The summed E-state index contributed by atoms with van der Waals surface area (Å²) in [6, 6.07) is 0. The van der Waals surface area contributed by atoms with Crippen LogP contribution in [0.4, 0.5) is 0 Å². The molecular weight excluding hydrogens is 211 g/mol. The van der Waals surface area contributed by atoms with Gasteiger partial charge in [0.25, 0.3) is 0 Å². The highest BCUT2D eigenvalue weighted by Crippen LogP contribution is 2.51. The zero-order chi connectivity index (χ0) is 11.6. The largest absolute Gasteiger partial charge is 0.110 e. The minimum absolute atomic E-state index is 0.417. The molecule has 0 atom stereocenters. The van der Waals surface area contributed by atoms with E-state index < -0.39 is 0 Å². The van der Waals surface area contributed by atoms with Crippen molar-refractivity contribution in [2.45, 2.75) is 58.8 Å². The van der Waals surface area contributed by atoms with E-state index in [9.17, 15) is 0 Å². The first kappa shape index (κ1) is 12.9. The van der Waals surface area contributed by atoms with Gasteiger partial charge in [0, 0.05) is 0 Å². The van der Waals surface area contributed by atoms with Crippen molar-refractivity contribution in [3.05, 3.63) is 0 Å². The molecule has 1 heteroatoms. The van der Waals surface area contributed by atoms with Gasteiger partial charge in [-0.25, -0.2) is 0 Å². The Morgan fingerprint density at radius 2 is 1.31 bits per heavy atom. The molecular formula is C15H29P. The molecule has 2 fully saturated rings. The number of hydrogen-bond acceptors (Lipinski definition) is 0. The Bertz CT molecular complexity index is 207. The van der Waals surface area contributed by atoms with Gasteiger partial charge in [0.05, 0.1) is 0 Å². The van der Waals surface area contributed by atoms with Crippen LogP contribution in [-0.4, -0.2) is 19.0 Å². The summed E-state index contributed by atoms with van der Waals surface area (Å²) in [7, 11) is 0.417. The maximum atomic E-state index is 2.58. The highest BCUT2D eigenvalue weighted by molar-refractivity contribution is 7.56. The Kier molecular flexibility index (Phi) is 4.33. The molecule has 0 bridgehead atoms. The maximum Gasteiger partial charge on any atom is -0.0297 e. The van der Waals surface area contributed by atoms with Crippen LogP contribution in [0.5, 0.6) is 0 Å². The second kappa shape index (κ2) is 5.38. The van der Waals surface area contributed by atoms with Crippen molar-refractivity contribution in [2.75, 3.05) is 19.0 Å². The molecule has 0 aromatic carbocycles. The van der Waals surface area contributed by atoms with Crippen molar-refractivity contribution in [2.24, 2.45) is 17.3 Å². The summed E-state index contributed by atoms with van der Waals surface area (Å²) in [6.07, 6.45) is 13.7. The Balaban J connectivity index is 1.94. The second-order valence-electron chi connectivity index (χ2n) is 6.73. The molecule has 0 amide bonds. The van der Waals surface area contributed by atoms with E-state index in [1.54, 1.807) is 12.3 Å². The lowest BCUT2D eigenvalue weighted by Gasteiger charge is -2.45. The minimum atomic E-state index is 0.417. The molecule has 16 heavy (non-hydrogen) atoms. The fourth-order valence-electron chi connectivity index (χ4n) is 3.93.